The number of nitrogens with zero attached hydrogens (tertiary/aromatic N) is 1. The third-order valence-corrected chi connectivity index (χ3v) is 5.66. The summed E-state index contributed by atoms with van der Waals surface area (Å²) in [4.78, 5) is 26.0. The van der Waals surface area contributed by atoms with E-state index in [1.165, 1.54) is 12.1 Å². The first-order chi connectivity index (χ1) is 16.3. The molecule has 0 radical (unpaired) electrons. The highest BCUT2D eigenvalue weighted by Gasteiger charge is 2.32. The minimum atomic E-state index is -1.29. The molecule has 7 heteroatoms. The second-order valence-electron chi connectivity index (χ2n) is 8.33. The highest BCUT2D eigenvalue weighted by atomic mass is 19.1. The van der Waals surface area contributed by atoms with Crippen LogP contribution in [0.25, 0.3) is 21.7 Å². The first-order valence-corrected chi connectivity index (χ1v) is 11.2. The Labute approximate surface area is 197 Å². The van der Waals surface area contributed by atoms with E-state index in [1.807, 2.05) is 42.5 Å². The molecule has 4 aromatic rings. The number of benzene rings is 3. The van der Waals surface area contributed by atoms with Crippen molar-refractivity contribution in [3.8, 4) is 0 Å². The van der Waals surface area contributed by atoms with Gasteiger partial charge in [0.15, 0.2) is 0 Å². The molecule has 3 aromatic carbocycles. The van der Waals surface area contributed by atoms with E-state index < -0.39 is 29.9 Å². The van der Waals surface area contributed by atoms with Gasteiger partial charge in [-0.2, -0.15) is 0 Å². The van der Waals surface area contributed by atoms with Gasteiger partial charge in [0.05, 0.1) is 12.7 Å². The number of carbonyl (C=O) groups excluding carboxylic acids is 2. The number of ether oxygens (including phenoxy) is 2. The van der Waals surface area contributed by atoms with Gasteiger partial charge >= 0.3 is 11.9 Å². The van der Waals surface area contributed by atoms with Crippen molar-refractivity contribution in [3.63, 3.8) is 0 Å². The van der Waals surface area contributed by atoms with Crippen molar-refractivity contribution in [1.29, 1.82) is 0 Å². The highest BCUT2D eigenvalue weighted by molar-refractivity contribution is 6.02. The molecule has 1 aromatic heterocycles. The van der Waals surface area contributed by atoms with Crippen LogP contribution in [0, 0.1) is 5.82 Å². The van der Waals surface area contributed by atoms with E-state index >= 15 is 0 Å². The fourth-order valence-electron chi connectivity index (χ4n) is 4.28. The topological polar surface area (TPSA) is 83.6 Å². The number of nitrogens with two attached hydrogens (primary N) is 1. The predicted molar refractivity (Wildman–Crippen MR) is 129 cm³/mol. The van der Waals surface area contributed by atoms with Crippen molar-refractivity contribution in [3.05, 3.63) is 83.3 Å². The number of rotatable bonds is 7. The molecule has 0 saturated heterocycles. The zero-order valence-corrected chi connectivity index (χ0v) is 19.4. The lowest BCUT2D eigenvalue weighted by Gasteiger charge is -2.16. The Morgan fingerprint density at radius 2 is 1.76 bits per heavy atom. The van der Waals surface area contributed by atoms with Crippen LogP contribution in [0.5, 0.6) is 0 Å². The van der Waals surface area contributed by atoms with Gasteiger partial charge in [-0.1, -0.05) is 42.5 Å². The van der Waals surface area contributed by atoms with Crippen LogP contribution in [0.2, 0.25) is 0 Å². The lowest BCUT2D eigenvalue weighted by Crippen LogP contribution is -2.28. The molecule has 2 N–H and O–H groups in total. The zero-order chi connectivity index (χ0) is 24.4. The number of hydrogen-bond donors (Lipinski definition) is 1. The molecule has 176 valence electrons. The van der Waals surface area contributed by atoms with Gasteiger partial charge in [-0.3, -0.25) is 0 Å². The summed E-state index contributed by atoms with van der Waals surface area (Å²) in [5.41, 5.74) is 8.15. The SMILES string of the molecule is CCOC(=O)c1c(C(N)C(=O)OC(C)C)c2cc(F)ccc2n1Cc1cccc2ccccc12. The predicted octanol–water partition coefficient (Wildman–Crippen LogP) is 5.11. The molecule has 0 aliphatic heterocycles. The number of aromatic nitrogens is 1. The van der Waals surface area contributed by atoms with Crippen molar-refractivity contribution in [2.24, 2.45) is 5.73 Å². The Balaban J connectivity index is 1.98. The summed E-state index contributed by atoms with van der Waals surface area (Å²) in [5, 5.41) is 2.45. The summed E-state index contributed by atoms with van der Waals surface area (Å²) in [7, 11) is 0. The molecule has 0 amide bonds. The van der Waals surface area contributed by atoms with Crippen LogP contribution in [-0.4, -0.2) is 29.2 Å². The van der Waals surface area contributed by atoms with E-state index in [0.717, 1.165) is 16.3 Å². The lowest BCUT2D eigenvalue weighted by molar-refractivity contribution is -0.149. The van der Waals surface area contributed by atoms with Gasteiger partial charge in [-0.05, 0) is 55.3 Å². The first kappa shape index (κ1) is 23.4. The Kier molecular flexibility index (Phi) is 6.65. The second-order valence-corrected chi connectivity index (χ2v) is 8.33. The van der Waals surface area contributed by atoms with Crippen LogP contribution in [0.3, 0.4) is 0 Å². The Morgan fingerprint density at radius 1 is 1.03 bits per heavy atom. The summed E-state index contributed by atoms with van der Waals surface area (Å²) < 4.78 is 26.7. The summed E-state index contributed by atoms with van der Waals surface area (Å²) in [6.45, 7) is 5.54. The minimum Gasteiger partial charge on any atom is -0.462 e. The average Bonchev–Trinajstić information content (AvgIpc) is 3.11. The quantitative estimate of drug-likeness (QED) is 0.386. The van der Waals surface area contributed by atoms with Gasteiger partial charge in [-0.15, -0.1) is 0 Å². The number of carbonyl (C=O) groups is 2. The maximum atomic E-state index is 14.3. The van der Waals surface area contributed by atoms with Crippen LogP contribution < -0.4 is 5.73 Å². The Morgan fingerprint density at radius 3 is 2.50 bits per heavy atom. The van der Waals surface area contributed by atoms with Crippen molar-refractivity contribution in [2.75, 3.05) is 6.61 Å². The normalized spacial score (nSPS) is 12.3. The molecule has 6 nitrogen and oxygen atoms in total. The van der Waals surface area contributed by atoms with Crippen LogP contribution in [-0.2, 0) is 20.8 Å². The summed E-state index contributed by atoms with van der Waals surface area (Å²) >= 11 is 0. The van der Waals surface area contributed by atoms with Crippen molar-refractivity contribution < 1.29 is 23.5 Å². The monoisotopic (exact) mass is 462 g/mol. The van der Waals surface area contributed by atoms with Crippen LogP contribution in [0.4, 0.5) is 4.39 Å². The number of esters is 2. The molecule has 4 rings (SSSR count). The van der Waals surface area contributed by atoms with Gasteiger partial charge in [0.25, 0.3) is 0 Å². The van der Waals surface area contributed by atoms with E-state index in [0.29, 0.717) is 17.4 Å². The van der Waals surface area contributed by atoms with Crippen LogP contribution in [0.1, 0.15) is 48.4 Å². The molecule has 0 spiro atoms. The van der Waals surface area contributed by atoms with Gasteiger partial charge in [-0.25, -0.2) is 14.0 Å². The molecular formula is C27H27FN2O4. The van der Waals surface area contributed by atoms with Gasteiger partial charge in [0.2, 0.25) is 0 Å². The lowest BCUT2D eigenvalue weighted by atomic mass is 10.0. The molecule has 0 aliphatic carbocycles. The van der Waals surface area contributed by atoms with E-state index in [4.69, 9.17) is 15.2 Å². The molecule has 0 bridgehead atoms. The van der Waals surface area contributed by atoms with Crippen molar-refractivity contribution in [1.82, 2.24) is 4.57 Å². The molecule has 1 heterocycles. The van der Waals surface area contributed by atoms with Crippen molar-refractivity contribution >= 4 is 33.6 Å². The second kappa shape index (κ2) is 9.65. The summed E-state index contributed by atoms with van der Waals surface area (Å²) in [6.07, 6.45) is -0.398. The number of halogens is 1. The molecule has 34 heavy (non-hydrogen) atoms. The van der Waals surface area contributed by atoms with Gasteiger partial charge in [0.1, 0.15) is 17.6 Å². The highest BCUT2D eigenvalue weighted by Crippen LogP contribution is 2.34. The first-order valence-electron chi connectivity index (χ1n) is 11.2. The van der Waals surface area contributed by atoms with Crippen molar-refractivity contribution in [2.45, 2.75) is 39.5 Å². The van der Waals surface area contributed by atoms with E-state index in [9.17, 15) is 14.0 Å². The fraction of sp³-hybridized carbons (Fsp3) is 0.259. The zero-order valence-electron chi connectivity index (χ0n) is 19.4. The van der Waals surface area contributed by atoms with E-state index in [1.54, 1.807) is 31.4 Å². The smallest absolute Gasteiger partial charge is 0.355 e. The maximum Gasteiger partial charge on any atom is 0.355 e. The van der Waals surface area contributed by atoms with Crippen LogP contribution in [0.15, 0.2) is 60.7 Å². The molecular weight excluding hydrogens is 435 g/mol. The minimum absolute atomic E-state index is 0.114. The third kappa shape index (κ3) is 4.39. The number of fused-ring (bicyclic) bond motifs is 2. The standard InChI is InChI=1S/C27H27FN2O4/c1-4-33-27(32)25-23(24(29)26(31)34-16(2)3)21-14-19(28)12-13-22(21)30(25)15-18-10-7-9-17-8-5-6-11-20(17)18/h5-14,16,24H,4,15,29H2,1-3H3. The Hall–Kier alpha value is -3.71. The van der Waals surface area contributed by atoms with E-state index in [-0.39, 0.29) is 17.9 Å². The molecule has 1 unspecified atom stereocenters. The summed E-state index contributed by atoms with van der Waals surface area (Å²) in [5.74, 6) is -1.84. The molecule has 0 aliphatic rings. The summed E-state index contributed by atoms with van der Waals surface area (Å²) in [6, 6.07) is 16.8. The molecule has 0 fully saturated rings. The largest absolute Gasteiger partial charge is 0.462 e. The van der Waals surface area contributed by atoms with Gasteiger partial charge < -0.3 is 19.8 Å². The molecule has 0 saturated carbocycles. The van der Waals surface area contributed by atoms with E-state index in [2.05, 4.69) is 0 Å². The fourth-order valence-corrected chi connectivity index (χ4v) is 4.28. The van der Waals surface area contributed by atoms with Crippen LogP contribution >= 0.6 is 0 Å². The number of hydrogen-bond acceptors (Lipinski definition) is 5. The Bertz CT molecular complexity index is 1370. The third-order valence-electron chi connectivity index (χ3n) is 5.66. The average molecular weight is 463 g/mol. The van der Waals surface area contributed by atoms with Gasteiger partial charge in [0, 0.05) is 23.0 Å². The maximum absolute atomic E-state index is 14.3. The molecule has 1 atom stereocenters.